The summed E-state index contributed by atoms with van der Waals surface area (Å²) >= 11 is 4.90. The van der Waals surface area contributed by atoms with Gasteiger partial charge in [-0.2, -0.15) is 0 Å². The normalized spacial score (nSPS) is 11.7. The summed E-state index contributed by atoms with van der Waals surface area (Å²) in [6.07, 6.45) is 3.04. The first-order chi connectivity index (χ1) is 9.88. The summed E-state index contributed by atoms with van der Waals surface area (Å²) in [4.78, 5) is 0.251. The Labute approximate surface area is 129 Å². The van der Waals surface area contributed by atoms with Gasteiger partial charge in [0, 0.05) is 24.7 Å². The van der Waals surface area contributed by atoms with Crippen LogP contribution in [0.15, 0.2) is 47.3 Å². The molecule has 0 spiro atoms. The van der Waals surface area contributed by atoms with Crippen LogP contribution < -0.4 is 5.73 Å². The van der Waals surface area contributed by atoms with Gasteiger partial charge in [-0.3, -0.25) is 0 Å². The van der Waals surface area contributed by atoms with E-state index in [1.165, 1.54) is 16.8 Å². The maximum atomic E-state index is 12.3. The van der Waals surface area contributed by atoms with Crippen molar-refractivity contribution in [1.82, 2.24) is 4.31 Å². The van der Waals surface area contributed by atoms with Gasteiger partial charge in [0.15, 0.2) is 0 Å². The molecule has 0 aliphatic rings. The van der Waals surface area contributed by atoms with Crippen molar-refractivity contribution in [2.45, 2.75) is 12.3 Å². The average molecular weight is 324 g/mol. The maximum Gasteiger partial charge on any atom is 0.218 e. The Morgan fingerprint density at radius 3 is 2.71 bits per heavy atom. The zero-order chi connectivity index (χ0) is 15.5. The van der Waals surface area contributed by atoms with Gasteiger partial charge in [0.25, 0.3) is 0 Å². The number of rotatable bonds is 6. The number of hydrogen-bond donors (Lipinski definition) is 1. The molecular formula is C14H16N2O3S2. The summed E-state index contributed by atoms with van der Waals surface area (Å²) in [7, 11) is -1.88. The van der Waals surface area contributed by atoms with Crippen LogP contribution >= 0.6 is 12.2 Å². The van der Waals surface area contributed by atoms with Gasteiger partial charge in [-0.15, -0.1) is 0 Å². The average Bonchev–Trinajstić information content (AvgIpc) is 2.91. The van der Waals surface area contributed by atoms with Crippen LogP contribution in [0.4, 0.5) is 0 Å². The molecule has 0 amide bonds. The molecule has 0 aliphatic heterocycles. The summed E-state index contributed by atoms with van der Waals surface area (Å²) in [6, 6.07) is 8.68. The van der Waals surface area contributed by atoms with Gasteiger partial charge in [-0.05, 0) is 17.7 Å². The molecule has 2 aromatic rings. The van der Waals surface area contributed by atoms with E-state index in [-0.39, 0.29) is 17.3 Å². The van der Waals surface area contributed by atoms with Crippen LogP contribution in [0.2, 0.25) is 0 Å². The third kappa shape index (κ3) is 4.13. The van der Waals surface area contributed by atoms with E-state index in [0.29, 0.717) is 11.1 Å². The molecule has 1 aromatic heterocycles. The molecule has 1 heterocycles. The van der Waals surface area contributed by atoms with Gasteiger partial charge in [0.1, 0.15) is 4.99 Å². The SMILES string of the molecule is CN(Cc1ccoc1)S(=O)(=O)Cc1cccc(C(N)=S)c1. The van der Waals surface area contributed by atoms with Crippen molar-refractivity contribution in [2.24, 2.45) is 5.73 Å². The summed E-state index contributed by atoms with van der Waals surface area (Å²) in [5, 5.41) is 0. The topological polar surface area (TPSA) is 76.5 Å². The zero-order valence-corrected chi connectivity index (χ0v) is 13.2. The second-order valence-electron chi connectivity index (χ2n) is 4.71. The van der Waals surface area contributed by atoms with Gasteiger partial charge in [0.05, 0.1) is 18.3 Å². The molecule has 5 nitrogen and oxygen atoms in total. The summed E-state index contributed by atoms with van der Waals surface area (Å²) in [5.41, 5.74) is 7.68. The Morgan fingerprint density at radius 2 is 2.10 bits per heavy atom. The lowest BCUT2D eigenvalue weighted by atomic mass is 10.1. The summed E-state index contributed by atoms with van der Waals surface area (Å²) < 4.78 is 30.9. The first-order valence-electron chi connectivity index (χ1n) is 6.22. The fourth-order valence-electron chi connectivity index (χ4n) is 1.87. The number of nitrogens with two attached hydrogens (primary N) is 1. The van der Waals surface area contributed by atoms with Gasteiger partial charge >= 0.3 is 0 Å². The number of thiocarbonyl (C=S) groups is 1. The van der Waals surface area contributed by atoms with Crippen LogP contribution in [-0.2, 0) is 22.3 Å². The highest BCUT2D eigenvalue weighted by atomic mass is 32.2. The van der Waals surface area contributed by atoms with E-state index in [1.54, 1.807) is 37.4 Å². The molecule has 112 valence electrons. The van der Waals surface area contributed by atoms with E-state index in [1.807, 2.05) is 0 Å². The first kappa shape index (κ1) is 15.7. The molecule has 0 bridgehead atoms. The first-order valence-corrected chi connectivity index (χ1v) is 8.24. The molecule has 0 aliphatic carbocycles. The maximum absolute atomic E-state index is 12.3. The molecule has 0 saturated carbocycles. The molecule has 0 atom stereocenters. The molecule has 2 N–H and O–H groups in total. The van der Waals surface area contributed by atoms with Gasteiger partial charge in [-0.1, -0.05) is 30.4 Å². The molecule has 21 heavy (non-hydrogen) atoms. The minimum Gasteiger partial charge on any atom is -0.472 e. The summed E-state index contributed by atoms with van der Waals surface area (Å²) in [6.45, 7) is 0.272. The molecule has 0 fully saturated rings. The molecule has 0 radical (unpaired) electrons. The summed E-state index contributed by atoms with van der Waals surface area (Å²) in [5.74, 6) is -0.0994. The number of furan rings is 1. The fourth-order valence-corrected chi connectivity index (χ4v) is 3.17. The molecule has 2 rings (SSSR count). The van der Waals surface area contributed by atoms with Gasteiger partial charge in [-0.25, -0.2) is 12.7 Å². The smallest absolute Gasteiger partial charge is 0.218 e. The predicted octanol–water partition coefficient (Wildman–Crippen LogP) is 1.88. The van der Waals surface area contributed by atoms with Gasteiger partial charge in [0.2, 0.25) is 10.0 Å². The van der Waals surface area contributed by atoms with E-state index >= 15 is 0 Å². The van der Waals surface area contributed by atoms with E-state index in [2.05, 4.69) is 0 Å². The quantitative estimate of drug-likeness (QED) is 0.821. The van der Waals surface area contributed by atoms with Crippen molar-refractivity contribution in [3.8, 4) is 0 Å². The standard InChI is InChI=1S/C14H16N2O3S2/c1-16(8-12-5-6-19-9-12)21(17,18)10-11-3-2-4-13(7-11)14(15)20/h2-7,9H,8,10H2,1H3,(H2,15,20). The van der Waals surface area contributed by atoms with Crippen molar-refractivity contribution in [1.29, 1.82) is 0 Å². The highest BCUT2D eigenvalue weighted by Gasteiger charge is 2.19. The monoisotopic (exact) mass is 324 g/mol. The number of nitrogens with zero attached hydrogens (tertiary/aromatic N) is 1. The largest absolute Gasteiger partial charge is 0.472 e. The van der Waals surface area contributed by atoms with Crippen molar-refractivity contribution in [3.63, 3.8) is 0 Å². The molecule has 0 unspecified atom stereocenters. The number of benzene rings is 1. The van der Waals surface area contributed by atoms with Crippen LogP contribution in [0.5, 0.6) is 0 Å². The van der Waals surface area contributed by atoms with Gasteiger partial charge < -0.3 is 10.2 Å². The highest BCUT2D eigenvalue weighted by molar-refractivity contribution is 7.88. The third-order valence-electron chi connectivity index (χ3n) is 3.02. The van der Waals surface area contributed by atoms with E-state index in [0.717, 1.165) is 5.56 Å². The minimum atomic E-state index is -3.42. The number of sulfonamides is 1. The van der Waals surface area contributed by atoms with Crippen LogP contribution in [0.3, 0.4) is 0 Å². The van der Waals surface area contributed by atoms with E-state index < -0.39 is 10.0 Å². The lowest BCUT2D eigenvalue weighted by Gasteiger charge is -2.16. The van der Waals surface area contributed by atoms with Crippen molar-refractivity contribution in [3.05, 3.63) is 59.5 Å². The highest BCUT2D eigenvalue weighted by Crippen LogP contribution is 2.14. The van der Waals surface area contributed by atoms with Crippen molar-refractivity contribution in [2.75, 3.05) is 7.05 Å². The third-order valence-corrected chi connectivity index (χ3v) is 5.03. The second-order valence-corrected chi connectivity index (χ2v) is 7.22. The van der Waals surface area contributed by atoms with E-state index in [9.17, 15) is 8.42 Å². The van der Waals surface area contributed by atoms with Crippen LogP contribution in [0.25, 0.3) is 0 Å². The van der Waals surface area contributed by atoms with Crippen molar-refractivity contribution < 1.29 is 12.8 Å². The predicted molar refractivity (Wildman–Crippen MR) is 85.1 cm³/mol. The molecule has 7 heteroatoms. The van der Waals surface area contributed by atoms with Crippen molar-refractivity contribution >= 4 is 27.2 Å². The van der Waals surface area contributed by atoms with Crippen LogP contribution in [-0.4, -0.2) is 24.8 Å². The Balaban J connectivity index is 2.13. The number of hydrogen-bond acceptors (Lipinski definition) is 4. The Bertz CT molecular complexity index is 724. The lowest BCUT2D eigenvalue weighted by molar-refractivity contribution is 0.462. The molecule has 1 aromatic carbocycles. The minimum absolute atomic E-state index is 0.0994. The van der Waals surface area contributed by atoms with E-state index in [4.69, 9.17) is 22.4 Å². The Hall–Kier alpha value is -1.70. The Kier molecular flexibility index (Phi) is 4.76. The fraction of sp³-hybridized carbons (Fsp3) is 0.214. The lowest BCUT2D eigenvalue weighted by Crippen LogP contribution is -2.27. The molecular weight excluding hydrogens is 308 g/mol. The Morgan fingerprint density at radius 1 is 1.33 bits per heavy atom. The molecule has 0 saturated heterocycles. The van der Waals surface area contributed by atoms with Crippen LogP contribution in [0, 0.1) is 0 Å². The van der Waals surface area contributed by atoms with Crippen LogP contribution in [0.1, 0.15) is 16.7 Å². The second kappa shape index (κ2) is 6.38. The zero-order valence-electron chi connectivity index (χ0n) is 11.5.